The fraction of sp³-hybridized carbons (Fsp3) is 0.800. The van der Waals surface area contributed by atoms with E-state index in [4.69, 9.17) is 12.2 Å². The lowest BCUT2D eigenvalue weighted by Gasteiger charge is -2.32. The lowest BCUT2D eigenvalue weighted by molar-refractivity contribution is -0.114. The second-order valence-electron chi connectivity index (χ2n) is 3.85. The highest BCUT2D eigenvalue weighted by molar-refractivity contribution is 8.23. The van der Waals surface area contributed by atoms with E-state index in [0.717, 1.165) is 4.32 Å². The normalized spacial score (nSPS) is 10.8. The summed E-state index contributed by atoms with van der Waals surface area (Å²) < 4.78 is 0.824. The first kappa shape index (κ1) is 13.9. The third-order valence-electron chi connectivity index (χ3n) is 1.72. The Morgan fingerprint density at radius 2 is 1.71 bits per heavy atom. The minimum atomic E-state index is 0.171. The van der Waals surface area contributed by atoms with Gasteiger partial charge >= 0.3 is 0 Å². The number of Topliss-reactive ketones (excluding diaryl/α,β-unsaturated/α-hetero) is 1. The van der Waals surface area contributed by atoms with Gasteiger partial charge in [-0.3, -0.25) is 4.79 Å². The maximum atomic E-state index is 10.8. The predicted octanol–water partition coefficient (Wildman–Crippen LogP) is 2.71. The number of thioether (sulfide) groups is 1. The molecule has 0 aliphatic heterocycles. The van der Waals surface area contributed by atoms with E-state index in [1.807, 2.05) is 0 Å². The Bertz CT molecular complexity index is 206. The average Bonchev–Trinajstić information content (AvgIpc) is 1.99. The molecule has 0 radical (unpaired) electrons. The average molecular weight is 233 g/mol. The number of ketones is 1. The molecule has 0 bridgehead atoms. The van der Waals surface area contributed by atoms with Crippen LogP contribution in [0.3, 0.4) is 0 Å². The number of nitrogens with zero attached hydrogens (tertiary/aromatic N) is 1. The summed E-state index contributed by atoms with van der Waals surface area (Å²) in [6.07, 6.45) is 0. The van der Waals surface area contributed by atoms with Crippen molar-refractivity contribution in [1.82, 2.24) is 4.90 Å². The van der Waals surface area contributed by atoms with E-state index in [-0.39, 0.29) is 5.78 Å². The molecule has 0 atom stereocenters. The van der Waals surface area contributed by atoms with Gasteiger partial charge in [-0.1, -0.05) is 24.0 Å². The van der Waals surface area contributed by atoms with E-state index in [2.05, 4.69) is 32.6 Å². The van der Waals surface area contributed by atoms with Gasteiger partial charge in [-0.25, -0.2) is 0 Å². The summed E-state index contributed by atoms with van der Waals surface area (Å²) in [5, 5.41) is 0. The van der Waals surface area contributed by atoms with Crippen molar-refractivity contribution in [2.24, 2.45) is 0 Å². The summed E-state index contributed by atoms with van der Waals surface area (Å²) in [6.45, 7) is 10.0. The lowest BCUT2D eigenvalue weighted by Crippen LogP contribution is -2.39. The van der Waals surface area contributed by atoms with Gasteiger partial charge in [0, 0.05) is 12.1 Å². The van der Waals surface area contributed by atoms with Crippen molar-refractivity contribution < 1.29 is 4.79 Å². The Labute approximate surface area is 96.4 Å². The summed E-state index contributed by atoms with van der Waals surface area (Å²) in [5.41, 5.74) is 0. The molecule has 0 unspecified atom stereocenters. The largest absolute Gasteiger partial charge is 0.353 e. The standard InChI is InChI=1S/C10H19NOS2/c1-7(2)11(8(3)4)10(13)14-6-9(5)12/h7-8H,6H2,1-5H3. The summed E-state index contributed by atoms with van der Waals surface area (Å²) in [5.74, 6) is 0.652. The monoisotopic (exact) mass is 233 g/mol. The first-order chi connectivity index (χ1) is 6.36. The lowest BCUT2D eigenvalue weighted by atomic mass is 10.2. The molecule has 0 aromatic heterocycles. The third-order valence-corrected chi connectivity index (χ3v) is 3.30. The van der Waals surface area contributed by atoms with E-state index in [0.29, 0.717) is 17.8 Å². The first-order valence-corrected chi connectivity index (χ1v) is 6.20. The van der Waals surface area contributed by atoms with E-state index >= 15 is 0 Å². The maximum absolute atomic E-state index is 10.8. The molecule has 0 aromatic carbocycles. The Morgan fingerprint density at radius 3 is 2.00 bits per heavy atom. The van der Waals surface area contributed by atoms with Crippen LogP contribution in [0, 0.1) is 0 Å². The zero-order valence-corrected chi connectivity index (χ0v) is 11.2. The molecular weight excluding hydrogens is 214 g/mol. The van der Waals surface area contributed by atoms with E-state index in [1.54, 1.807) is 6.92 Å². The van der Waals surface area contributed by atoms with Crippen LogP contribution in [-0.2, 0) is 4.79 Å². The van der Waals surface area contributed by atoms with Crippen LogP contribution in [0.1, 0.15) is 34.6 Å². The molecule has 0 saturated heterocycles. The van der Waals surface area contributed by atoms with Gasteiger partial charge in [0.15, 0.2) is 0 Å². The highest BCUT2D eigenvalue weighted by atomic mass is 32.2. The second kappa shape index (κ2) is 6.40. The van der Waals surface area contributed by atoms with Gasteiger partial charge in [0.2, 0.25) is 0 Å². The van der Waals surface area contributed by atoms with Crippen LogP contribution in [0.5, 0.6) is 0 Å². The fourth-order valence-corrected chi connectivity index (χ4v) is 2.75. The predicted molar refractivity (Wildman–Crippen MR) is 67.8 cm³/mol. The molecule has 0 fully saturated rings. The molecule has 4 heteroatoms. The third kappa shape index (κ3) is 4.96. The van der Waals surface area contributed by atoms with Crippen LogP contribution < -0.4 is 0 Å². The maximum Gasteiger partial charge on any atom is 0.140 e. The molecular formula is C10H19NOS2. The highest BCUT2D eigenvalue weighted by Crippen LogP contribution is 2.15. The van der Waals surface area contributed by atoms with Crippen LogP contribution in [0.4, 0.5) is 0 Å². The zero-order valence-electron chi connectivity index (χ0n) is 9.53. The molecule has 14 heavy (non-hydrogen) atoms. The fourth-order valence-electron chi connectivity index (χ4n) is 1.26. The van der Waals surface area contributed by atoms with Crippen molar-refractivity contribution in [2.45, 2.75) is 46.7 Å². The van der Waals surface area contributed by atoms with Crippen LogP contribution in [0.2, 0.25) is 0 Å². The van der Waals surface area contributed by atoms with Gasteiger partial charge < -0.3 is 4.90 Å². The summed E-state index contributed by atoms with van der Waals surface area (Å²) in [6, 6.07) is 0.781. The number of carbonyl (C=O) groups is 1. The number of carbonyl (C=O) groups excluding carboxylic acids is 1. The molecule has 0 aliphatic rings. The van der Waals surface area contributed by atoms with Crippen molar-refractivity contribution in [3.05, 3.63) is 0 Å². The number of thiocarbonyl (C=S) groups is 1. The molecule has 0 amide bonds. The Kier molecular flexibility index (Phi) is 6.36. The molecule has 0 spiro atoms. The van der Waals surface area contributed by atoms with Gasteiger partial charge in [0.1, 0.15) is 10.1 Å². The van der Waals surface area contributed by atoms with Gasteiger partial charge in [-0.05, 0) is 34.6 Å². The Balaban J connectivity index is 4.23. The highest BCUT2D eigenvalue weighted by Gasteiger charge is 2.17. The molecule has 0 heterocycles. The quantitative estimate of drug-likeness (QED) is 0.695. The Morgan fingerprint density at radius 1 is 1.29 bits per heavy atom. The van der Waals surface area contributed by atoms with Crippen molar-refractivity contribution in [1.29, 1.82) is 0 Å². The van der Waals surface area contributed by atoms with Gasteiger partial charge in [0.05, 0.1) is 5.75 Å². The minimum absolute atomic E-state index is 0.171. The van der Waals surface area contributed by atoms with Crippen molar-refractivity contribution in [2.75, 3.05) is 5.75 Å². The SMILES string of the molecule is CC(=O)CSC(=S)N(C(C)C)C(C)C. The van der Waals surface area contributed by atoms with Crippen molar-refractivity contribution in [3.8, 4) is 0 Å². The second-order valence-corrected chi connectivity index (χ2v) is 5.46. The van der Waals surface area contributed by atoms with Gasteiger partial charge in [0.25, 0.3) is 0 Å². The molecule has 0 aromatic rings. The van der Waals surface area contributed by atoms with Crippen molar-refractivity contribution >= 4 is 34.1 Å². The minimum Gasteiger partial charge on any atom is -0.353 e. The van der Waals surface area contributed by atoms with Crippen LogP contribution in [-0.4, -0.2) is 32.8 Å². The number of hydrogen-bond acceptors (Lipinski definition) is 3. The zero-order chi connectivity index (χ0) is 11.3. The molecule has 0 aliphatic carbocycles. The number of hydrogen-bond donors (Lipinski definition) is 0. The van der Waals surface area contributed by atoms with Gasteiger partial charge in [-0.15, -0.1) is 0 Å². The smallest absolute Gasteiger partial charge is 0.140 e. The van der Waals surface area contributed by atoms with E-state index < -0.39 is 0 Å². The molecule has 82 valence electrons. The first-order valence-electron chi connectivity index (χ1n) is 4.80. The topological polar surface area (TPSA) is 20.3 Å². The summed E-state index contributed by atoms with van der Waals surface area (Å²) in [4.78, 5) is 13.0. The van der Waals surface area contributed by atoms with E-state index in [9.17, 15) is 4.79 Å². The molecule has 0 N–H and O–H groups in total. The summed E-state index contributed by atoms with van der Waals surface area (Å²) in [7, 11) is 0. The van der Waals surface area contributed by atoms with Crippen LogP contribution in [0.15, 0.2) is 0 Å². The summed E-state index contributed by atoms with van der Waals surface area (Å²) >= 11 is 6.74. The van der Waals surface area contributed by atoms with Gasteiger partial charge in [-0.2, -0.15) is 0 Å². The van der Waals surface area contributed by atoms with Crippen LogP contribution in [0.25, 0.3) is 0 Å². The van der Waals surface area contributed by atoms with Crippen LogP contribution >= 0.6 is 24.0 Å². The Hall–Kier alpha value is -0.0900. The molecule has 0 saturated carbocycles. The van der Waals surface area contributed by atoms with E-state index in [1.165, 1.54) is 11.8 Å². The molecule has 2 nitrogen and oxygen atoms in total. The molecule has 0 rings (SSSR count). The number of rotatable bonds is 4. The van der Waals surface area contributed by atoms with Crippen molar-refractivity contribution in [3.63, 3.8) is 0 Å².